The van der Waals surface area contributed by atoms with Crippen molar-refractivity contribution in [3.05, 3.63) is 59.3 Å². The molecule has 2 aromatic carbocycles. The van der Waals surface area contributed by atoms with E-state index < -0.39 is 0 Å². The lowest BCUT2D eigenvalue weighted by Gasteiger charge is -2.15. The highest BCUT2D eigenvalue weighted by Crippen LogP contribution is 2.34. The van der Waals surface area contributed by atoms with Crippen molar-refractivity contribution in [1.82, 2.24) is 20.2 Å². The number of rotatable bonds is 7. The van der Waals surface area contributed by atoms with Crippen molar-refractivity contribution in [2.45, 2.75) is 26.2 Å². The molecule has 0 saturated carbocycles. The zero-order chi connectivity index (χ0) is 25.1. The number of benzene rings is 2. The zero-order valence-electron chi connectivity index (χ0n) is 20.6. The number of hydrogen-bond donors (Lipinski definition) is 3. The highest BCUT2D eigenvalue weighted by atomic mass is 16.5. The SMILES string of the molecule is COc1ccc(Nc2ncc3c(n2)-c2cc(C(=O)NCCN4CCCC4)ccc2NC(=O)C3)cc1C. The fraction of sp³-hybridized carbons (Fsp3) is 0.333. The third-order valence-corrected chi connectivity index (χ3v) is 6.59. The summed E-state index contributed by atoms with van der Waals surface area (Å²) in [4.78, 5) is 36.9. The smallest absolute Gasteiger partial charge is 0.251 e. The first-order valence-corrected chi connectivity index (χ1v) is 12.2. The number of carbonyl (C=O) groups excluding carboxylic acids is 2. The van der Waals surface area contributed by atoms with E-state index in [1.807, 2.05) is 25.1 Å². The molecule has 3 aromatic rings. The van der Waals surface area contributed by atoms with Gasteiger partial charge in [0.2, 0.25) is 11.9 Å². The van der Waals surface area contributed by atoms with Crippen LogP contribution in [0.25, 0.3) is 11.3 Å². The van der Waals surface area contributed by atoms with Crippen molar-refractivity contribution in [3.63, 3.8) is 0 Å². The Morgan fingerprint density at radius 2 is 2.00 bits per heavy atom. The molecule has 3 N–H and O–H groups in total. The van der Waals surface area contributed by atoms with E-state index in [-0.39, 0.29) is 18.2 Å². The minimum Gasteiger partial charge on any atom is -0.496 e. The Morgan fingerprint density at radius 3 is 2.78 bits per heavy atom. The summed E-state index contributed by atoms with van der Waals surface area (Å²) in [5, 5.41) is 9.18. The normalized spacial score (nSPS) is 14.9. The van der Waals surface area contributed by atoms with Gasteiger partial charge in [-0.15, -0.1) is 0 Å². The van der Waals surface area contributed by atoms with Crippen LogP contribution < -0.4 is 20.7 Å². The molecule has 9 nitrogen and oxygen atoms in total. The minimum absolute atomic E-state index is 0.143. The second-order valence-electron chi connectivity index (χ2n) is 9.17. The molecular weight excluding hydrogens is 456 g/mol. The molecule has 1 fully saturated rings. The fourth-order valence-corrected chi connectivity index (χ4v) is 4.71. The summed E-state index contributed by atoms with van der Waals surface area (Å²) in [5.41, 5.74) is 4.97. The van der Waals surface area contributed by atoms with Gasteiger partial charge < -0.3 is 25.6 Å². The maximum Gasteiger partial charge on any atom is 0.251 e. The van der Waals surface area contributed by atoms with Crippen molar-refractivity contribution in [2.24, 2.45) is 0 Å². The van der Waals surface area contributed by atoms with Gasteiger partial charge in [0.05, 0.1) is 24.9 Å². The third kappa shape index (κ3) is 5.16. The lowest BCUT2D eigenvalue weighted by molar-refractivity contribution is -0.115. The van der Waals surface area contributed by atoms with E-state index in [0.717, 1.165) is 36.6 Å². The molecule has 36 heavy (non-hydrogen) atoms. The number of aromatic nitrogens is 2. The second kappa shape index (κ2) is 10.3. The number of hydrogen-bond acceptors (Lipinski definition) is 7. The molecule has 2 aliphatic rings. The van der Waals surface area contributed by atoms with E-state index in [4.69, 9.17) is 9.72 Å². The average molecular weight is 487 g/mol. The molecule has 0 bridgehead atoms. The molecule has 9 heteroatoms. The topological polar surface area (TPSA) is 108 Å². The molecule has 0 spiro atoms. The maximum absolute atomic E-state index is 12.9. The first-order chi connectivity index (χ1) is 17.5. The van der Waals surface area contributed by atoms with E-state index in [2.05, 4.69) is 25.8 Å². The number of ether oxygens (including phenoxy) is 1. The van der Waals surface area contributed by atoms with Crippen LogP contribution in [-0.4, -0.2) is 60.0 Å². The largest absolute Gasteiger partial charge is 0.496 e. The minimum atomic E-state index is -0.145. The number of nitrogens with zero attached hydrogens (tertiary/aromatic N) is 3. The Labute approximate surface area is 210 Å². The van der Waals surface area contributed by atoms with Gasteiger partial charge in [0.15, 0.2) is 0 Å². The van der Waals surface area contributed by atoms with Gasteiger partial charge in [-0.05, 0) is 74.8 Å². The molecule has 1 saturated heterocycles. The molecule has 3 heterocycles. The van der Waals surface area contributed by atoms with Gasteiger partial charge in [-0.2, -0.15) is 0 Å². The predicted octanol–water partition coefficient (Wildman–Crippen LogP) is 3.52. The van der Waals surface area contributed by atoms with Crippen LogP contribution in [-0.2, 0) is 11.2 Å². The van der Waals surface area contributed by atoms with E-state index in [9.17, 15) is 9.59 Å². The van der Waals surface area contributed by atoms with Crippen LogP contribution in [0, 0.1) is 6.92 Å². The quantitative estimate of drug-likeness (QED) is 0.469. The van der Waals surface area contributed by atoms with Crippen LogP contribution in [0.15, 0.2) is 42.6 Å². The number of nitrogens with one attached hydrogen (secondary N) is 3. The second-order valence-corrected chi connectivity index (χ2v) is 9.17. The Bertz CT molecular complexity index is 1300. The fourth-order valence-electron chi connectivity index (χ4n) is 4.71. The van der Waals surface area contributed by atoms with Crippen LogP contribution >= 0.6 is 0 Å². The zero-order valence-corrected chi connectivity index (χ0v) is 20.6. The van der Waals surface area contributed by atoms with Crippen LogP contribution in [0.5, 0.6) is 5.75 Å². The molecule has 0 atom stereocenters. The molecule has 1 aromatic heterocycles. The van der Waals surface area contributed by atoms with E-state index >= 15 is 0 Å². The van der Waals surface area contributed by atoms with Crippen molar-refractivity contribution < 1.29 is 14.3 Å². The van der Waals surface area contributed by atoms with E-state index in [1.165, 1.54) is 12.8 Å². The van der Waals surface area contributed by atoms with Crippen LogP contribution in [0.3, 0.4) is 0 Å². The molecule has 0 aliphatic carbocycles. The number of aryl methyl sites for hydroxylation is 1. The molecule has 2 amide bonds. The van der Waals surface area contributed by atoms with E-state index in [1.54, 1.807) is 31.5 Å². The number of likely N-dealkylation sites (tertiary alicyclic amines) is 1. The molecule has 5 rings (SSSR count). The Kier molecular flexibility index (Phi) is 6.81. The van der Waals surface area contributed by atoms with E-state index in [0.29, 0.717) is 40.6 Å². The Hall–Kier alpha value is -3.98. The van der Waals surface area contributed by atoms with Crippen molar-refractivity contribution >= 4 is 29.1 Å². The first kappa shape index (κ1) is 23.7. The summed E-state index contributed by atoms with van der Waals surface area (Å²) in [5.74, 6) is 0.912. The third-order valence-electron chi connectivity index (χ3n) is 6.59. The van der Waals surface area contributed by atoms with Crippen molar-refractivity contribution in [3.8, 4) is 17.0 Å². The van der Waals surface area contributed by atoms with Crippen molar-refractivity contribution in [2.75, 3.05) is 43.9 Å². The van der Waals surface area contributed by atoms with Gasteiger partial charge in [0.25, 0.3) is 5.91 Å². The van der Waals surface area contributed by atoms with Gasteiger partial charge >= 0.3 is 0 Å². The van der Waals surface area contributed by atoms with Gasteiger partial charge in [0, 0.05) is 41.7 Å². The van der Waals surface area contributed by atoms with Gasteiger partial charge in [-0.3, -0.25) is 9.59 Å². The van der Waals surface area contributed by atoms with Gasteiger partial charge in [-0.1, -0.05) is 0 Å². The van der Waals surface area contributed by atoms with Crippen LogP contribution in [0.2, 0.25) is 0 Å². The highest BCUT2D eigenvalue weighted by Gasteiger charge is 2.23. The standard InChI is InChI=1S/C27H30N6O3/c1-17-13-20(6-8-23(17)36-2)30-27-29-16-19-15-24(34)31-22-7-5-18(14-21(22)25(19)32-27)26(35)28-9-12-33-10-3-4-11-33/h5-8,13-14,16H,3-4,9-12,15H2,1-2H3,(H,28,35)(H,31,34)(H,29,30,32). The Balaban J connectivity index is 1.40. The summed E-state index contributed by atoms with van der Waals surface area (Å²) in [6.45, 7) is 5.60. The summed E-state index contributed by atoms with van der Waals surface area (Å²) in [6.07, 6.45) is 4.27. The number of amides is 2. The maximum atomic E-state index is 12.9. The predicted molar refractivity (Wildman–Crippen MR) is 139 cm³/mol. The Morgan fingerprint density at radius 1 is 1.17 bits per heavy atom. The first-order valence-electron chi connectivity index (χ1n) is 12.2. The molecule has 0 radical (unpaired) electrons. The molecule has 2 aliphatic heterocycles. The van der Waals surface area contributed by atoms with Crippen LogP contribution in [0.1, 0.15) is 34.3 Å². The summed E-state index contributed by atoms with van der Waals surface area (Å²) in [7, 11) is 1.64. The number of methoxy groups -OCH3 is 1. The number of carbonyl (C=O) groups is 2. The monoisotopic (exact) mass is 486 g/mol. The lowest BCUT2D eigenvalue weighted by Crippen LogP contribution is -2.33. The van der Waals surface area contributed by atoms with Gasteiger partial charge in [-0.25, -0.2) is 9.97 Å². The van der Waals surface area contributed by atoms with Crippen LogP contribution in [0.4, 0.5) is 17.3 Å². The lowest BCUT2D eigenvalue weighted by atomic mass is 10.0. The highest BCUT2D eigenvalue weighted by molar-refractivity contribution is 6.03. The molecular formula is C27H30N6O3. The molecule has 0 unspecified atom stereocenters. The summed E-state index contributed by atoms with van der Waals surface area (Å²) < 4.78 is 5.34. The molecule has 186 valence electrons. The summed E-state index contributed by atoms with van der Waals surface area (Å²) >= 11 is 0. The summed E-state index contributed by atoms with van der Waals surface area (Å²) in [6, 6.07) is 11.0. The van der Waals surface area contributed by atoms with Gasteiger partial charge in [0.1, 0.15) is 5.75 Å². The number of fused-ring (bicyclic) bond motifs is 3. The number of anilines is 3. The van der Waals surface area contributed by atoms with Crippen molar-refractivity contribution in [1.29, 1.82) is 0 Å². The average Bonchev–Trinajstić information content (AvgIpc) is 3.34.